The number of aromatic nitrogens is 1. The average Bonchev–Trinajstić information content (AvgIpc) is 2.89. The molecule has 1 heterocycles. The number of benzene rings is 1. The minimum atomic E-state index is 0.704. The largest absolute Gasteiger partial charge is 0.481 e. The third kappa shape index (κ3) is 1.91. The quantitative estimate of drug-likeness (QED) is 0.738. The lowest BCUT2D eigenvalue weighted by Gasteiger charge is -2.07. The maximum atomic E-state index is 5.25. The van der Waals surface area contributed by atoms with Crippen LogP contribution >= 0.6 is 0 Å². The van der Waals surface area contributed by atoms with Gasteiger partial charge in [-0.25, -0.2) is 4.98 Å². The molecule has 0 saturated heterocycles. The molecule has 2 nitrogen and oxygen atoms in total. The second-order valence-electron chi connectivity index (χ2n) is 3.66. The van der Waals surface area contributed by atoms with Crippen molar-refractivity contribution in [1.82, 2.24) is 4.98 Å². The van der Waals surface area contributed by atoms with Gasteiger partial charge in [-0.2, -0.15) is 0 Å². The number of allylic oxidation sites excluding steroid dienone is 1. The van der Waals surface area contributed by atoms with E-state index in [9.17, 15) is 0 Å². The molecule has 17 heavy (non-hydrogen) atoms. The number of hydrogen-bond donors (Lipinski definition) is 0. The maximum Gasteiger partial charge on any atom is 0.221 e. The van der Waals surface area contributed by atoms with Crippen LogP contribution in [0.5, 0.6) is 5.88 Å². The van der Waals surface area contributed by atoms with Crippen LogP contribution in [0.1, 0.15) is 25.0 Å². The zero-order valence-corrected chi connectivity index (χ0v) is 10.5. The first-order valence-corrected chi connectivity index (χ1v) is 6.01. The lowest BCUT2D eigenvalue weighted by Crippen LogP contribution is -1.91. The highest BCUT2D eigenvalue weighted by Gasteiger charge is 2.11. The van der Waals surface area contributed by atoms with Crippen LogP contribution in [0, 0.1) is 0 Å². The topological polar surface area (TPSA) is 22.1 Å². The van der Waals surface area contributed by atoms with Crippen LogP contribution in [0.4, 0.5) is 0 Å². The molecule has 0 unspecified atom stereocenters. The van der Waals surface area contributed by atoms with Gasteiger partial charge in [0.25, 0.3) is 0 Å². The van der Waals surface area contributed by atoms with Crippen molar-refractivity contribution in [2.75, 3.05) is 7.11 Å². The molecule has 0 radical (unpaired) electrons. The SMILES string of the molecule is CC.COc1nccc2c3c(ccc12)CC=C3. The van der Waals surface area contributed by atoms with E-state index < -0.39 is 0 Å². The Morgan fingerprint density at radius 2 is 1.94 bits per heavy atom. The molecule has 0 aliphatic heterocycles. The summed E-state index contributed by atoms with van der Waals surface area (Å²) in [5.74, 6) is 0.704. The number of fused-ring (bicyclic) bond motifs is 3. The molecule has 0 spiro atoms. The first-order valence-electron chi connectivity index (χ1n) is 6.01. The molecule has 3 rings (SSSR count). The monoisotopic (exact) mass is 227 g/mol. The number of pyridine rings is 1. The fourth-order valence-corrected chi connectivity index (χ4v) is 2.14. The minimum Gasteiger partial charge on any atom is -0.481 e. The number of hydrogen-bond acceptors (Lipinski definition) is 2. The van der Waals surface area contributed by atoms with Gasteiger partial charge in [0.15, 0.2) is 0 Å². The molecule has 0 bridgehead atoms. The van der Waals surface area contributed by atoms with Crippen LogP contribution in [0.2, 0.25) is 0 Å². The summed E-state index contributed by atoms with van der Waals surface area (Å²) in [5, 5.41) is 2.32. The van der Waals surface area contributed by atoms with E-state index in [-0.39, 0.29) is 0 Å². The Kier molecular flexibility index (Phi) is 3.43. The van der Waals surface area contributed by atoms with Gasteiger partial charge in [0, 0.05) is 11.6 Å². The van der Waals surface area contributed by atoms with Gasteiger partial charge in [0.05, 0.1) is 7.11 Å². The summed E-state index contributed by atoms with van der Waals surface area (Å²) in [5.41, 5.74) is 2.70. The Morgan fingerprint density at radius 1 is 1.12 bits per heavy atom. The third-order valence-electron chi connectivity index (χ3n) is 2.86. The highest BCUT2D eigenvalue weighted by Crippen LogP contribution is 2.31. The average molecular weight is 227 g/mol. The normalized spacial score (nSPS) is 11.9. The van der Waals surface area contributed by atoms with Gasteiger partial charge in [-0.15, -0.1) is 0 Å². The van der Waals surface area contributed by atoms with Gasteiger partial charge < -0.3 is 4.74 Å². The lowest BCUT2D eigenvalue weighted by molar-refractivity contribution is 0.403. The molecule has 2 aromatic rings. The van der Waals surface area contributed by atoms with Crippen LogP contribution in [0.3, 0.4) is 0 Å². The zero-order valence-electron chi connectivity index (χ0n) is 10.5. The molecule has 88 valence electrons. The summed E-state index contributed by atoms with van der Waals surface area (Å²) in [6.45, 7) is 4.00. The van der Waals surface area contributed by atoms with E-state index in [2.05, 4.69) is 29.3 Å². The Hall–Kier alpha value is -1.83. The van der Waals surface area contributed by atoms with Crippen molar-refractivity contribution < 1.29 is 4.74 Å². The summed E-state index contributed by atoms with van der Waals surface area (Å²) >= 11 is 0. The third-order valence-corrected chi connectivity index (χ3v) is 2.86. The first kappa shape index (κ1) is 11.6. The second kappa shape index (κ2) is 5.00. The van der Waals surface area contributed by atoms with E-state index in [4.69, 9.17) is 4.74 Å². The fraction of sp³-hybridized carbons (Fsp3) is 0.267. The predicted molar refractivity (Wildman–Crippen MR) is 72.4 cm³/mol. The highest BCUT2D eigenvalue weighted by molar-refractivity contribution is 5.95. The summed E-state index contributed by atoms with van der Waals surface area (Å²) in [6.07, 6.45) is 7.21. The van der Waals surface area contributed by atoms with Gasteiger partial charge in [-0.1, -0.05) is 32.1 Å². The molecule has 2 heteroatoms. The van der Waals surface area contributed by atoms with Crippen LogP contribution in [0.25, 0.3) is 16.8 Å². The fourth-order valence-electron chi connectivity index (χ4n) is 2.14. The molecular formula is C15H17NO. The minimum absolute atomic E-state index is 0.704. The molecular weight excluding hydrogens is 210 g/mol. The summed E-state index contributed by atoms with van der Waals surface area (Å²) in [7, 11) is 1.66. The molecule has 1 aromatic heterocycles. The summed E-state index contributed by atoms with van der Waals surface area (Å²) in [6, 6.07) is 6.29. The van der Waals surface area contributed by atoms with Crippen molar-refractivity contribution in [2.45, 2.75) is 20.3 Å². The first-order chi connectivity index (χ1) is 8.40. The van der Waals surface area contributed by atoms with Gasteiger partial charge in [0.1, 0.15) is 0 Å². The summed E-state index contributed by atoms with van der Waals surface area (Å²) in [4.78, 5) is 4.20. The van der Waals surface area contributed by atoms with E-state index >= 15 is 0 Å². The van der Waals surface area contributed by atoms with E-state index in [0.29, 0.717) is 5.88 Å². The Morgan fingerprint density at radius 3 is 2.71 bits per heavy atom. The van der Waals surface area contributed by atoms with Crippen molar-refractivity contribution in [2.24, 2.45) is 0 Å². The second-order valence-corrected chi connectivity index (χ2v) is 3.66. The van der Waals surface area contributed by atoms with Crippen molar-refractivity contribution >= 4 is 16.8 Å². The van der Waals surface area contributed by atoms with Crippen LogP contribution in [-0.4, -0.2) is 12.1 Å². The van der Waals surface area contributed by atoms with Gasteiger partial charge in [0.2, 0.25) is 5.88 Å². The van der Waals surface area contributed by atoms with Crippen LogP contribution < -0.4 is 4.74 Å². The van der Waals surface area contributed by atoms with Gasteiger partial charge >= 0.3 is 0 Å². The molecule has 0 amide bonds. The zero-order chi connectivity index (χ0) is 12.3. The van der Waals surface area contributed by atoms with E-state index in [0.717, 1.165) is 11.8 Å². The van der Waals surface area contributed by atoms with E-state index in [1.807, 2.05) is 19.9 Å². The van der Waals surface area contributed by atoms with Gasteiger partial charge in [-0.05, 0) is 35.1 Å². The number of rotatable bonds is 1. The number of nitrogens with zero attached hydrogens (tertiary/aromatic N) is 1. The van der Waals surface area contributed by atoms with Crippen molar-refractivity contribution in [1.29, 1.82) is 0 Å². The molecule has 0 fully saturated rings. The Labute approximate surface area is 102 Å². The van der Waals surface area contributed by atoms with Crippen molar-refractivity contribution in [3.63, 3.8) is 0 Å². The maximum absolute atomic E-state index is 5.25. The number of methoxy groups -OCH3 is 1. The Bertz CT molecular complexity index is 558. The molecule has 0 saturated carbocycles. The molecule has 0 N–H and O–H groups in total. The molecule has 0 atom stereocenters. The van der Waals surface area contributed by atoms with Crippen LogP contribution in [0.15, 0.2) is 30.5 Å². The number of ether oxygens (including phenoxy) is 1. The standard InChI is InChI=1S/C13H11NO.C2H6/c1-15-13-12-6-5-9-3-2-4-10(9)11(12)7-8-14-13;1-2/h2,4-8H,3H2,1H3;1-2H3. The highest BCUT2D eigenvalue weighted by atomic mass is 16.5. The predicted octanol–water partition coefficient (Wildman–Crippen LogP) is 3.84. The van der Waals surface area contributed by atoms with Gasteiger partial charge in [-0.3, -0.25) is 0 Å². The molecule has 1 aromatic carbocycles. The molecule has 1 aliphatic carbocycles. The summed E-state index contributed by atoms with van der Waals surface area (Å²) < 4.78 is 5.25. The molecule has 1 aliphatic rings. The van der Waals surface area contributed by atoms with Crippen molar-refractivity contribution in [3.8, 4) is 5.88 Å². The van der Waals surface area contributed by atoms with Crippen LogP contribution in [-0.2, 0) is 6.42 Å². The van der Waals surface area contributed by atoms with Crippen molar-refractivity contribution in [3.05, 3.63) is 41.6 Å². The smallest absolute Gasteiger partial charge is 0.221 e. The van der Waals surface area contributed by atoms with E-state index in [1.54, 1.807) is 13.3 Å². The lowest BCUT2D eigenvalue weighted by atomic mass is 10.0. The van der Waals surface area contributed by atoms with E-state index in [1.165, 1.54) is 16.5 Å². The Balaban J connectivity index is 0.000000514.